The Balaban J connectivity index is 2.24. The molecule has 86 valence electrons. The molecule has 0 unspecified atom stereocenters. The number of fused-ring (bicyclic) bond motifs is 1. The van der Waals surface area contributed by atoms with Gasteiger partial charge in [0, 0.05) is 30.7 Å². The van der Waals surface area contributed by atoms with Crippen molar-refractivity contribution in [1.82, 2.24) is 0 Å². The second-order valence-corrected chi connectivity index (χ2v) is 4.74. The lowest BCUT2D eigenvalue weighted by molar-refractivity contribution is -0.113. The van der Waals surface area contributed by atoms with Crippen molar-refractivity contribution in [2.45, 2.75) is 4.90 Å². The van der Waals surface area contributed by atoms with Crippen LogP contribution in [-0.2, 0) is 4.79 Å². The molecular formula is C11H15N3OS. The van der Waals surface area contributed by atoms with E-state index < -0.39 is 0 Å². The van der Waals surface area contributed by atoms with E-state index in [1.807, 2.05) is 19.2 Å². The average Bonchev–Trinajstić information content (AvgIpc) is 2.28. The summed E-state index contributed by atoms with van der Waals surface area (Å²) in [6, 6.07) is 6.09. The van der Waals surface area contributed by atoms with Crippen LogP contribution in [0.3, 0.4) is 0 Å². The number of nitrogens with two attached hydrogens (primary N) is 1. The summed E-state index contributed by atoms with van der Waals surface area (Å²) in [6.07, 6.45) is 0. The Morgan fingerprint density at radius 2 is 2.38 bits per heavy atom. The molecule has 2 rings (SSSR count). The molecule has 0 bridgehead atoms. The van der Waals surface area contributed by atoms with Gasteiger partial charge in [0.25, 0.3) is 0 Å². The number of thioether (sulfide) groups is 1. The van der Waals surface area contributed by atoms with Crippen molar-refractivity contribution in [2.24, 2.45) is 5.73 Å². The zero-order valence-electron chi connectivity index (χ0n) is 9.19. The molecule has 0 saturated heterocycles. The molecule has 1 aromatic carbocycles. The van der Waals surface area contributed by atoms with Crippen LogP contribution in [0.1, 0.15) is 0 Å². The number of anilines is 2. The lowest BCUT2D eigenvalue weighted by Crippen LogP contribution is -2.25. The van der Waals surface area contributed by atoms with Crippen LogP contribution in [0.2, 0.25) is 0 Å². The van der Waals surface area contributed by atoms with Gasteiger partial charge in [-0.3, -0.25) is 4.79 Å². The van der Waals surface area contributed by atoms with Gasteiger partial charge >= 0.3 is 0 Å². The van der Waals surface area contributed by atoms with E-state index in [2.05, 4.69) is 16.3 Å². The number of carbonyl (C=O) groups is 1. The lowest BCUT2D eigenvalue weighted by atomic mass is 10.2. The number of hydrogen-bond donors (Lipinski definition) is 2. The number of amides is 1. The van der Waals surface area contributed by atoms with Crippen molar-refractivity contribution in [1.29, 1.82) is 0 Å². The highest BCUT2D eigenvalue weighted by atomic mass is 32.2. The van der Waals surface area contributed by atoms with Crippen LogP contribution in [0.15, 0.2) is 23.1 Å². The molecule has 1 aromatic rings. The highest BCUT2D eigenvalue weighted by Crippen LogP contribution is 2.34. The van der Waals surface area contributed by atoms with Gasteiger partial charge in [0.05, 0.1) is 11.4 Å². The zero-order chi connectivity index (χ0) is 11.5. The van der Waals surface area contributed by atoms with Crippen molar-refractivity contribution in [3.63, 3.8) is 0 Å². The molecule has 4 nitrogen and oxygen atoms in total. The Kier molecular flexibility index (Phi) is 3.36. The minimum atomic E-state index is 0.0659. The summed E-state index contributed by atoms with van der Waals surface area (Å²) < 4.78 is 0. The van der Waals surface area contributed by atoms with Crippen LogP contribution in [-0.4, -0.2) is 31.8 Å². The fourth-order valence-electron chi connectivity index (χ4n) is 1.63. The normalized spacial score (nSPS) is 14.2. The van der Waals surface area contributed by atoms with E-state index in [1.165, 1.54) is 0 Å². The third-order valence-electron chi connectivity index (χ3n) is 2.50. The highest BCUT2D eigenvalue weighted by Gasteiger charge is 2.15. The predicted molar refractivity (Wildman–Crippen MR) is 68.1 cm³/mol. The molecule has 0 aliphatic carbocycles. The van der Waals surface area contributed by atoms with Crippen molar-refractivity contribution in [3.8, 4) is 0 Å². The maximum atomic E-state index is 11.3. The smallest absolute Gasteiger partial charge is 0.234 e. The Bertz CT molecular complexity index is 408. The molecule has 0 atom stereocenters. The van der Waals surface area contributed by atoms with Gasteiger partial charge in [-0.25, -0.2) is 0 Å². The van der Waals surface area contributed by atoms with Crippen LogP contribution >= 0.6 is 11.8 Å². The van der Waals surface area contributed by atoms with Gasteiger partial charge < -0.3 is 16.0 Å². The third kappa shape index (κ3) is 2.31. The van der Waals surface area contributed by atoms with Gasteiger partial charge in [0.15, 0.2) is 0 Å². The highest BCUT2D eigenvalue weighted by molar-refractivity contribution is 8.00. The second kappa shape index (κ2) is 4.76. The van der Waals surface area contributed by atoms with Crippen LogP contribution in [0.5, 0.6) is 0 Å². The Labute approximate surface area is 99.2 Å². The first-order valence-electron chi connectivity index (χ1n) is 5.18. The van der Waals surface area contributed by atoms with E-state index in [1.54, 1.807) is 11.8 Å². The first kappa shape index (κ1) is 11.3. The van der Waals surface area contributed by atoms with Crippen LogP contribution < -0.4 is 16.0 Å². The molecule has 1 aliphatic heterocycles. The quantitative estimate of drug-likeness (QED) is 0.827. The average molecular weight is 237 g/mol. The van der Waals surface area contributed by atoms with Crippen molar-refractivity contribution >= 4 is 29.0 Å². The molecule has 0 radical (unpaired) electrons. The van der Waals surface area contributed by atoms with E-state index >= 15 is 0 Å². The number of nitrogens with zero attached hydrogens (tertiary/aromatic N) is 1. The number of rotatable bonds is 3. The van der Waals surface area contributed by atoms with Gasteiger partial charge in [-0.15, -0.1) is 11.8 Å². The number of hydrogen-bond acceptors (Lipinski definition) is 4. The fraction of sp³-hybridized carbons (Fsp3) is 0.364. The third-order valence-corrected chi connectivity index (χ3v) is 3.57. The SMILES string of the molecule is CN(CCN)c1ccc2c(c1)NC(=O)CS2. The van der Waals surface area contributed by atoms with Gasteiger partial charge in [-0.05, 0) is 18.2 Å². The van der Waals surface area contributed by atoms with E-state index in [9.17, 15) is 4.79 Å². The monoisotopic (exact) mass is 237 g/mol. The molecule has 3 N–H and O–H groups in total. The predicted octanol–water partition coefficient (Wildman–Crippen LogP) is 1.13. The summed E-state index contributed by atoms with van der Waals surface area (Å²) in [5, 5.41) is 2.88. The molecular weight excluding hydrogens is 222 g/mol. The molecule has 16 heavy (non-hydrogen) atoms. The molecule has 0 saturated carbocycles. The topological polar surface area (TPSA) is 58.4 Å². The summed E-state index contributed by atoms with van der Waals surface area (Å²) in [5.74, 6) is 0.571. The van der Waals surface area contributed by atoms with E-state index in [4.69, 9.17) is 5.73 Å². The minimum Gasteiger partial charge on any atom is -0.373 e. The summed E-state index contributed by atoms with van der Waals surface area (Å²) in [4.78, 5) is 14.5. The Morgan fingerprint density at radius 1 is 1.56 bits per heavy atom. The molecule has 0 aromatic heterocycles. The standard InChI is InChI=1S/C11H15N3OS/c1-14(5-4-12)8-2-3-10-9(6-8)13-11(15)7-16-10/h2-3,6H,4-5,7,12H2,1H3,(H,13,15). The molecule has 1 heterocycles. The second-order valence-electron chi connectivity index (χ2n) is 3.73. The van der Waals surface area contributed by atoms with Crippen LogP contribution in [0, 0.1) is 0 Å². The summed E-state index contributed by atoms with van der Waals surface area (Å²) in [7, 11) is 1.99. The molecule has 5 heteroatoms. The van der Waals surface area contributed by atoms with Crippen molar-refractivity contribution < 1.29 is 4.79 Å². The molecule has 0 fully saturated rings. The Hall–Kier alpha value is -1.20. The number of likely N-dealkylation sites (N-methyl/N-ethyl adjacent to an activating group) is 1. The van der Waals surface area contributed by atoms with E-state index in [0.717, 1.165) is 22.8 Å². The van der Waals surface area contributed by atoms with Gasteiger partial charge in [0.2, 0.25) is 5.91 Å². The number of nitrogens with one attached hydrogen (secondary N) is 1. The van der Waals surface area contributed by atoms with E-state index in [-0.39, 0.29) is 5.91 Å². The van der Waals surface area contributed by atoms with Crippen LogP contribution in [0.4, 0.5) is 11.4 Å². The first-order valence-corrected chi connectivity index (χ1v) is 6.17. The van der Waals surface area contributed by atoms with Crippen LogP contribution in [0.25, 0.3) is 0 Å². The molecule has 0 spiro atoms. The first-order chi connectivity index (χ1) is 7.70. The summed E-state index contributed by atoms with van der Waals surface area (Å²) in [6.45, 7) is 1.43. The van der Waals surface area contributed by atoms with E-state index in [0.29, 0.717) is 12.3 Å². The van der Waals surface area contributed by atoms with Gasteiger partial charge in [0.1, 0.15) is 0 Å². The maximum absolute atomic E-state index is 11.3. The minimum absolute atomic E-state index is 0.0659. The summed E-state index contributed by atoms with van der Waals surface area (Å²) >= 11 is 1.58. The molecule has 1 aliphatic rings. The zero-order valence-corrected chi connectivity index (χ0v) is 10.0. The maximum Gasteiger partial charge on any atom is 0.234 e. The van der Waals surface area contributed by atoms with Gasteiger partial charge in [-0.1, -0.05) is 0 Å². The Morgan fingerprint density at radius 3 is 3.12 bits per heavy atom. The molecule has 1 amide bonds. The largest absolute Gasteiger partial charge is 0.373 e. The summed E-state index contributed by atoms with van der Waals surface area (Å²) in [5.41, 5.74) is 7.49. The lowest BCUT2D eigenvalue weighted by Gasteiger charge is -2.22. The number of carbonyl (C=O) groups excluding carboxylic acids is 1. The fourth-order valence-corrected chi connectivity index (χ4v) is 2.42. The van der Waals surface area contributed by atoms with Gasteiger partial charge in [-0.2, -0.15) is 0 Å². The number of benzene rings is 1. The van der Waals surface area contributed by atoms with Crippen molar-refractivity contribution in [3.05, 3.63) is 18.2 Å². The van der Waals surface area contributed by atoms with Crippen molar-refractivity contribution in [2.75, 3.05) is 36.1 Å².